The van der Waals surface area contributed by atoms with Crippen LogP contribution in [0.15, 0.2) is 4.42 Å². The summed E-state index contributed by atoms with van der Waals surface area (Å²) in [5, 5.41) is 11.1. The SMILES string of the molecule is C1COC(CNc2nnc(C3CC3)o2)C1. The summed E-state index contributed by atoms with van der Waals surface area (Å²) in [6, 6.07) is 0.535. The number of nitrogens with one attached hydrogen (secondary N) is 1. The van der Waals surface area contributed by atoms with Gasteiger partial charge in [0.1, 0.15) is 0 Å². The summed E-state index contributed by atoms with van der Waals surface area (Å²) in [4.78, 5) is 0. The van der Waals surface area contributed by atoms with Gasteiger partial charge in [-0.2, -0.15) is 0 Å². The predicted octanol–water partition coefficient (Wildman–Crippen LogP) is 1.54. The Bertz CT molecular complexity index is 329. The van der Waals surface area contributed by atoms with Crippen LogP contribution < -0.4 is 5.32 Å². The monoisotopic (exact) mass is 209 g/mol. The van der Waals surface area contributed by atoms with E-state index < -0.39 is 0 Å². The molecule has 1 aromatic rings. The van der Waals surface area contributed by atoms with Crippen molar-refractivity contribution in [2.45, 2.75) is 37.7 Å². The molecule has 15 heavy (non-hydrogen) atoms. The van der Waals surface area contributed by atoms with Crippen molar-refractivity contribution in [1.82, 2.24) is 10.2 Å². The highest BCUT2D eigenvalue weighted by molar-refractivity contribution is 5.19. The van der Waals surface area contributed by atoms with Crippen LogP contribution in [0.2, 0.25) is 0 Å². The van der Waals surface area contributed by atoms with Crippen LogP contribution in [0.25, 0.3) is 0 Å². The second-order valence-electron chi connectivity index (χ2n) is 4.24. The molecule has 0 bridgehead atoms. The number of ether oxygens (including phenoxy) is 1. The molecule has 2 heterocycles. The number of rotatable bonds is 4. The van der Waals surface area contributed by atoms with E-state index in [-0.39, 0.29) is 0 Å². The van der Waals surface area contributed by atoms with Gasteiger partial charge < -0.3 is 14.5 Å². The lowest BCUT2D eigenvalue weighted by Gasteiger charge is -2.07. The Morgan fingerprint density at radius 2 is 2.20 bits per heavy atom. The van der Waals surface area contributed by atoms with E-state index in [2.05, 4.69) is 15.5 Å². The van der Waals surface area contributed by atoms with Gasteiger partial charge in [0.2, 0.25) is 5.89 Å². The molecule has 1 aliphatic carbocycles. The largest absolute Gasteiger partial charge is 0.408 e. The van der Waals surface area contributed by atoms with Crippen molar-refractivity contribution < 1.29 is 9.15 Å². The molecular weight excluding hydrogens is 194 g/mol. The van der Waals surface area contributed by atoms with E-state index in [1.165, 1.54) is 12.8 Å². The van der Waals surface area contributed by atoms with Crippen molar-refractivity contribution in [3.05, 3.63) is 5.89 Å². The van der Waals surface area contributed by atoms with E-state index in [0.29, 0.717) is 18.0 Å². The van der Waals surface area contributed by atoms with Gasteiger partial charge in [0.15, 0.2) is 0 Å². The first-order chi connectivity index (χ1) is 7.42. The summed E-state index contributed by atoms with van der Waals surface area (Å²) in [5.74, 6) is 1.31. The van der Waals surface area contributed by atoms with Gasteiger partial charge in [0.25, 0.3) is 0 Å². The van der Waals surface area contributed by atoms with Crippen LogP contribution in [0.3, 0.4) is 0 Å². The first-order valence-corrected chi connectivity index (χ1v) is 5.61. The fraction of sp³-hybridized carbons (Fsp3) is 0.800. The van der Waals surface area contributed by atoms with Crippen LogP contribution in [0.1, 0.15) is 37.5 Å². The fourth-order valence-corrected chi connectivity index (χ4v) is 1.81. The molecule has 3 rings (SSSR count). The minimum atomic E-state index is 0.307. The maximum Gasteiger partial charge on any atom is 0.315 e. The van der Waals surface area contributed by atoms with Crippen LogP contribution in [0.4, 0.5) is 6.01 Å². The zero-order valence-corrected chi connectivity index (χ0v) is 8.61. The molecular formula is C10H15N3O2. The molecule has 1 aromatic heterocycles. The minimum Gasteiger partial charge on any atom is -0.408 e. The summed E-state index contributed by atoms with van der Waals surface area (Å²) in [6.07, 6.45) is 4.96. The summed E-state index contributed by atoms with van der Waals surface area (Å²) in [7, 11) is 0. The van der Waals surface area contributed by atoms with Crippen LogP contribution >= 0.6 is 0 Å². The molecule has 0 amide bonds. The van der Waals surface area contributed by atoms with Crippen molar-refractivity contribution in [2.75, 3.05) is 18.5 Å². The lowest BCUT2D eigenvalue weighted by atomic mass is 10.2. The van der Waals surface area contributed by atoms with Gasteiger partial charge in [-0.3, -0.25) is 0 Å². The van der Waals surface area contributed by atoms with E-state index >= 15 is 0 Å². The van der Waals surface area contributed by atoms with Gasteiger partial charge in [0.05, 0.1) is 6.10 Å². The molecule has 1 saturated heterocycles. The van der Waals surface area contributed by atoms with Gasteiger partial charge in [-0.25, -0.2) is 0 Å². The summed E-state index contributed by atoms with van der Waals surface area (Å²) < 4.78 is 11.0. The van der Waals surface area contributed by atoms with Crippen LogP contribution in [0.5, 0.6) is 0 Å². The lowest BCUT2D eigenvalue weighted by Crippen LogP contribution is -2.18. The predicted molar refractivity (Wildman–Crippen MR) is 53.7 cm³/mol. The van der Waals surface area contributed by atoms with E-state index in [1.807, 2.05) is 0 Å². The lowest BCUT2D eigenvalue weighted by molar-refractivity contribution is 0.120. The minimum absolute atomic E-state index is 0.307. The molecule has 5 heteroatoms. The van der Waals surface area contributed by atoms with Gasteiger partial charge in [0, 0.05) is 19.1 Å². The smallest absolute Gasteiger partial charge is 0.315 e. The summed E-state index contributed by atoms with van der Waals surface area (Å²) in [6.45, 7) is 1.65. The molecule has 0 radical (unpaired) electrons. The van der Waals surface area contributed by atoms with Crippen LogP contribution in [-0.2, 0) is 4.74 Å². The van der Waals surface area contributed by atoms with Gasteiger partial charge in [-0.15, -0.1) is 5.10 Å². The average Bonchev–Trinajstić information content (AvgIpc) is 2.82. The van der Waals surface area contributed by atoms with E-state index in [1.54, 1.807) is 0 Å². The van der Waals surface area contributed by atoms with Crippen molar-refractivity contribution >= 4 is 6.01 Å². The van der Waals surface area contributed by atoms with Crippen molar-refractivity contribution in [1.29, 1.82) is 0 Å². The second kappa shape index (κ2) is 3.81. The molecule has 1 aliphatic heterocycles. The molecule has 1 atom stereocenters. The van der Waals surface area contributed by atoms with E-state index in [9.17, 15) is 0 Å². The average molecular weight is 209 g/mol. The molecule has 82 valence electrons. The van der Waals surface area contributed by atoms with E-state index in [4.69, 9.17) is 9.15 Å². The van der Waals surface area contributed by atoms with Crippen LogP contribution in [-0.4, -0.2) is 29.5 Å². The molecule has 1 N–H and O–H groups in total. The normalized spacial score (nSPS) is 25.7. The number of anilines is 1. The van der Waals surface area contributed by atoms with Gasteiger partial charge >= 0.3 is 6.01 Å². The molecule has 0 spiro atoms. The second-order valence-corrected chi connectivity index (χ2v) is 4.24. The fourth-order valence-electron chi connectivity index (χ4n) is 1.81. The first-order valence-electron chi connectivity index (χ1n) is 5.61. The van der Waals surface area contributed by atoms with Crippen molar-refractivity contribution in [3.8, 4) is 0 Å². The highest BCUT2D eigenvalue weighted by atomic mass is 16.5. The molecule has 2 aliphatic rings. The standard InChI is InChI=1S/C10H15N3O2/c1-2-8(14-5-1)6-11-10-13-12-9(15-10)7-3-4-7/h7-8H,1-6H2,(H,11,13). The Morgan fingerprint density at radius 1 is 1.27 bits per heavy atom. The highest BCUT2D eigenvalue weighted by Crippen LogP contribution is 2.39. The number of nitrogens with zero attached hydrogens (tertiary/aromatic N) is 2. The molecule has 5 nitrogen and oxygen atoms in total. The Morgan fingerprint density at radius 3 is 2.93 bits per heavy atom. The van der Waals surface area contributed by atoms with E-state index in [0.717, 1.165) is 31.9 Å². The maximum atomic E-state index is 5.49. The summed E-state index contributed by atoms with van der Waals surface area (Å²) >= 11 is 0. The Labute approximate surface area is 88.2 Å². The third-order valence-electron chi connectivity index (χ3n) is 2.87. The van der Waals surface area contributed by atoms with Crippen molar-refractivity contribution in [3.63, 3.8) is 0 Å². The zero-order valence-electron chi connectivity index (χ0n) is 8.61. The highest BCUT2D eigenvalue weighted by Gasteiger charge is 2.29. The molecule has 1 unspecified atom stereocenters. The van der Waals surface area contributed by atoms with Gasteiger partial charge in [-0.1, -0.05) is 5.10 Å². The van der Waals surface area contributed by atoms with Gasteiger partial charge in [-0.05, 0) is 25.7 Å². The Hall–Kier alpha value is -1.10. The van der Waals surface area contributed by atoms with Crippen LogP contribution in [0, 0.1) is 0 Å². The number of aromatic nitrogens is 2. The number of hydrogen-bond acceptors (Lipinski definition) is 5. The topological polar surface area (TPSA) is 60.2 Å². The maximum absolute atomic E-state index is 5.49. The Balaban J connectivity index is 1.52. The quantitative estimate of drug-likeness (QED) is 0.815. The molecule has 0 aromatic carbocycles. The first kappa shape index (κ1) is 9.15. The number of hydrogen-bond donors (Lipinski definition) is 1. The Kier molecular flexibility index (Phi) is 2.32. The van der Waals surface area contributed by atoms with Crippen molar-refractivity contribution in [2.24, 2.45) is 0 Å². The third-order valence-corrected chi connectivity index (χ3v) is 2.87. The molecule has 2 fully saturated rings. The summed E-state index contributed by atoms with van der Waals surface area (Å²) in [5.41, 5.74) is 0. The third kappa shape index (κ3) is 2.12. The molecule has 1 saturated carbocycles. The zero-order chi connectivity index (χ0) is 10.1.